The van der Waals surface area contributed by atoms with Gasteiger partial charge in [0.2, 0.25) is 0 Å². The van der Waals surface area contributed by atoms with Gasteiger partial charge in [0.1, 0.15) is 10.0 Å². The summed E-state index contributed by atoms with van der Waals surface area (Å²) in [6.07, 6.45) is 2.30. The van der Waals surface area contributed by atoms with Gasteiger partial charge in [-0.3, -0.25) is 0 Å². The van der Waals surface area contributed by atoms with E-state index in [1.165, 1.54) is 5.01 Å². The second-order valence-corrected chi connectivity index (χ2v) is 4.61. The molecule has 0 fully saturated rings. The number of hydrogen-bond donors (Lipinski definition) is 1. The van der Waals surface area contributed by atoms with Crippen molar-refractivity contribution in [1.29, 1.82) is 0 Å². The van der Waals surface area contributed by atoms with Crippen LogP contribution in [0.4, 0.5) is 0 Å². The van der Waals surface area contributed by atoms with Gasteiger partial charge < -0.3 is 5.32 Å². The largest absolute Gasteiger partial charge is 0.310 e. The number of nitrogens with one attached hydrogen (secondary N) is 1. The van der Waals surface area contributed by atoms with Gasteiger partial charge in [0, 0.05) is 12.5 Å². The van der Waals surface area contributed by atoms with E-state index in [1.54, 1.807) is 11.3 Å². The second-order valence-electron chi connectivity index (χ2n) is 3.52. The van der Waals surface area contributed by atoms with Gasteiger partial charge in [0.25, 0.3) is 0 Å². The van der Waals surface area contributed by atoms with Crippen molar-refractivity contribution >= 4 is 11.3 Å². The summed E-state index contributed by atoms with van der Waals surface area (Å²) < 4.78 is 0. The molecule has 1 N–H and O–H groups in total. The third kappa shape index (κ3) is 3.35. The van der Waals surface area contributed by atoms with Gasteiger partial charge in [0.15, 0.2) is 0 Å². The molecule has 14 heavy (non-hydrogen) atoms. The summed E-state index contributed by atoms with van der Waals surface area (Å²) in [6, 6.07) is 0. The minimum Gasteiger partial charge on any atom is -0.310 e. The van der Waals surface area contributed by atoms with Crippen LogP contribution in [0.1, 0.15) is 49.5 Å². The summed E-state index contributed by atoms with van der Waals surface area (Å²) in [5.74, 6) is 0.549. The highest BCUT2D eigenvalue weighted by atomic mass is 32.1. The summed E-state index contributed by atoms with van der Waals surface area (Å²) in [7, 11) is 0. The lowest BCUT2D eigenvalue weighted by molar-refractivity contribution is 0.665. The van der Waals surface area contributed by atoms with E-state index >= 15 is 0 Å². The molecule has 3 nitrogen and oxygen atoms in total. The Kier molecular flexibility index (Phi) is 5.04. The molecule has 1 rings (SSSR count). The molecule has 1 atom stereocenters. The van der Waals surface area contributed by atoms with Crippen molar-refractivity contribution in [3.05, 3.63) is 10.0 Å². The first-order valence-electron chi connectivity index (χ1n) is 5.30. The predicted octanol–water partition coefficient (Wildman–Crippen LogP) is 2.55. The van der Waals surface area contributed by atoms with Gasteiger partial charge >= 0.3 is 0 Å². The Hall–Kier alpha value is -0.480. The second kappa shape index (κ2) is 6.09. The molecule has 1 aromatic heterocycles. The van der Waals surface area contributed by atoms with Crippen molar-refractivity contribution in [2.45, 2.75) is 46.1 Å². The summed E-state index contributed by atoms with van der Waals surface area (Å²) in [6.45, 7) is 8.46. The van der Waals surface area contributed by atoms with Crippen LogP contribution in [0, 0.1) is 0 Å². The van der Waals surface area contributed by atoms with Gasteiger partial charge in [-0.25, -0.2) is 0 Å². The summed E-state index contributed by atoms with van der Waals surface area (Å²) in [5.41, 5.74) is 0. The molecule has 0 saturated carbocycles. The third-order valence-electron chi connectivity index (χ3n) is 2.22. The lowest BCUT2D eigenvalue weighted by atomic mass is 10.1. The minimum atomic E-state index is 0.549. The maximum atomic E-state index is 4.19. The number of aromatic nitrogens is 2. The van der Waals surface area contributed by atoms with Crippen LogP contribution in [-0.4, -0.2) is 16.7 Å². The first kappa shape index (κ1) is 11.6. The molecule has 0 spiro atoms. The van der Waals surface area contributed by atoms with Crippen molar-refractivity contribution in [2.75, 3.05) is 6.54 Å². The molecule has 0 radical (unpaired) electrons. The lowest BCUT2D eigenvalue weighted by Gasteiger charge is -2.00. The Bertz CT molecular complexity index is 260. The normalized spacial score (nSPS) is 13.1. The van der Waals surface area contributed by atoms with Crippen LogP contribution in [0.3, 0.4) is 0 Å². The quantitative estimate of drug-likeness (QED) is 0.738. The summed E-state index contributed by atoms with van der Waals surface area (Å²) >= 11 is 1.73. The number of nitrogens with zero attached hydrogens (tertiary/aromatic N) is 2. The molecule has 0 aliphatic rings. The van der Waals surface area contributed by atoms with E-state index in [1.807, 2.05) is 0 Å². The summed E-state index contributed by atoms with van der Waals surface area (Å²) in [4.78, 5) is 0. The average molecular weight is 213 g/mol. The molecule has 1 aromatic rings. The highest BCUT2D eigenvalue weighted by Gasteiger charge is 2.09. The molecule has 0 aromatic carbocycles. The van der Waals surface area contributed by atoms with Crippen LogP contribution >= 0.6 is 11.3 Å². The first-order valence-corrected chi connectivity index (χ1v) is 6.12. The van der Waals surface area contributed by atoms with E-state index < -0.39 is 0 Å². The van der Waals surface area contributed by atoms with Crippen LogP contribution in [0.2, 0.25) is 0 Å². The molecule has 0 bridgehead atoms. The van der Waals surface area contributed by atoms with Gasteiger partial charge in [-0.15, -0.1) is 10.2 Å². The maximum absolute atomic E-state index is 4.19. The lowest BCUT2D eigenvalue weighted by Crippen LogP contribution is -2.13. The topological polar surface area (TPSA) is 37.8 Å². The molecule has 1 unspecified atom stereocenters. The molecule has 1 heterocycles. The van der Waals surface area contributed by atoms with Crippen LogP contribution in [0.5, 0.6) is 0 Å². The fourth-order valence-corrected chi connectivity index (χ4v) is 2.03. The zero-order valence-corrected chi connectivity index (χ0v) is 10.0. The Balaban J connectivity index is 2.42. The molecular formula is C10H19N3S. The molecule has 4 heteroatoms. The SMILES string of the molecule is CCCNCc1nnc(C(C)CC)s1. The fraction of sp³-hybridized carbons (Fsp3) is 0.800. The zero-order chi connectivity index (χ0) is 10.4. The monoisotopic (exact) mass is 213 g/mol. The predicted molar refractivity (Wildman–Crippen MR) is 60.6 cm³/mol. The van der Waals surface area contributed by atoms with Crippen LogP contribution in [0.25, 0.3) is 0 Å². The van der Waals surface area contributed by atoms with E-state index in [2.05, 4.69) is 36.3 Å². The molecule has 80 valence electrons. The zero-order valence-electron chi connectivity index (χ0n) is 9.21. The Morgan fingerprint density at radius 3 is 2.79 bits per heavy atom. The van der Waals surface area contributed by atoms with Gasteiger partial charge in [-0.1, -0.05) is 32.1 Å². The van der Waals surface area contributed by atoms with E-state index in [4.69, 9.17) is 0 Å². The molecular weight excluding hydrogens is 194 g/mol. The van der Waals surface area contributed by atoms with Crippen molar-refractivity contribution in [1.82, 2.24) is 15.5 Å². The molecule has 0 aliphatic carbocycles. The van der Waals surface area contributed by atoms with Gasteiger partial charge in [0.05, 0.1) is 0 Å². The van der Waals surface area contributed by atoms with Crippen molar-refractivity contribution in [3.63, 3.8) is 0 Å². The van der Waals surface area contributed by atoms with Crippen LogP contribution in [-0.2, 0) is 6.54 Å². The van der Waals surface area contributed by atoms with E-state index in [9.17, 15) is 0 Å². The Labute approximate surface area is 89.9 Å². The highest BCUT2D eigenvalue weighted by molar-refractivity contribution is 7.11. The van der Waals surface area contributed by atoms with E-state index in [0.717, 1.165) is 30.9 Å². The maximum Gasteiger partial charge on any atom is 0.131 e. The summed E-state index contributed by atoms with van der Waals surface area (Å²) in [5, 5.41) is 14.0. The standard InChI is InChI=1S/C10H19N3S/c1-4-6-11-7-9-12-13-10(14-9)8(3)5-2/h8,11H,4-7H2,1-3H3. The molecule has 0 aliphatic heterocycles. The van der Waals surface area contributed by atoms with Crippen molar-refractivity contribution in [2.24, 2.45) is 0 Å². The fourth-order valence-electron chi connectivity index (χ4n) is 1.08. The van der Waals surface area contributed by atoms with Gasteiger partial charge in [-0.2, -0.15) is 0 Å². The van der Waals surface area contributed by atoms with E-state index in [-0.39, 0.29) is 0 Å². The molecule has 0 amide bonds. The van der Waals surface area contributed by atoms with Crippen molar-refractivity contribution < 1.29 is 0 Å². The minimum absolute atomic E-state index is 0.549. The van der Waals surface area contributed by atoms with Crippen molar-refractivity contribution in [3.8, 4) is 0 Å². The van der Waals surface area contributed by atoms with E-state index in [0.29, 0.717) is 5.92 Å². The Morgan fingerprint density at radius 2 is 2.14 bits per heavy atom. The average Bonchev–Trinajstić information content (AvgIpc) is 2.66. The first-order chi connectivity index (χ1) is 6.77. The Morgan fingerprint density at radius 1 is 1.36 bits per heavy atom. The van der Waals surface area contributed by atoms with Crippen LogP contribution in [0.15, 0.2) is 0 Å². The third-order valence-corrected chi connectivity index (χ3v) is 3.37. The van der Waals surface area contributed by atoms with Gasteiger partial charge in [-0.05, 0) is 19.4 Å². The molecule has 0 saturated heterocycles. The smallest absolute Gasteiger partial charge is 0.131 e. The number of hydrogen-bond acceptors (Lipinski definition) is 4. The van der Waals surface area contributed by atoms with Crippen LogP contribution < -0.4 is 5.32 Å². The number of rotatable bonds is 6. The highest BCUT2D eigenvalue weighted by Crippen LogP contribution is 2.21.